The topological polar surface area (TPSA) is 110 Å². The average molecular weight is 261 g/mol. The molecule has 7 heteroatoms. The van der Waals surface area contributed by atoms with Crippen molar-refractivity contribution in [3.8, 4) is 0 Å². The second-order valence-corrected chi connectivity index (χ2v) is 5.61. The highest BCUT2D eigenvalue weighted by Gasteiger charge is 2.44. The number of hydrogen-bond acceptors (Lipinski definition) is 4. The quantitative estimate of drug-likeness (QED) is 0.740. The SMILES string of the molecule is Nc1nc2[nH]c(=O)[nH]c(=O)c2n1C(C1CC1)C1CC1. The maximum absolute atomic E-state index is 12.0. The molecule has 0 radical (unpaired) electrons. The molecule has 2 aliphatic carbocycles. The van der Waals surface area contributed by atoms with Crippen LogP contribution >= 0.6 is 0 Å². The minimum Gasteiger partial charge on any atom is -0.369 e. The second kappa shape index (κ2) is 3.49. The van der Waals surface area contributed by atoms with Crippen LogP contribution in [0.25, 0.3) is 11.2 Å². The molecule has 2 aliphatic rings. The number of anilines is 1. The van der Waals surface area contributed by atoms with E-state index in [1.807, 2.05) is 4.57 Å². The monoisotopic (exact) mass is 261 g/mol. The molecule has 2 saturated carbocycles. The zero-order valence-electron chi connectivity index (χ0n) is 10.3. The number of aromatic nitrogens is 4. The molecule has 2 aromatic rings. The number of nitrogen functional groups attached to an aromatic ring is 1. The van der Waals surface area contributed by atoms with Crippen molar-refractivity contribution in [2.45, 2.75) is 31.7 Å². The summed E-state index contributed by atoms with van der Waals surface area (Å²) in [6.45, 7) is 0. The summed E-state index contributed by atoms with van der Waals surface area (Å²) in [7, 11) is 0. The maximum Gasteiger partial charge on any atom is 0.327 e. The van der Waals surface area contributed by atoms with Crippen LogP contribution in [-0.4, -0.2) is 19.5 Å². The Hall–Kier alpha value is -2.05. The van der Waals surface area contributed by atoms with Crippen molar-refractivity contribution < 1.29 is 0 Å². The summed E-state index contributed by atoms with van der Waals surface area (Å²) >= 11 is 0. The number of fused-ring (bicyclic) bond motifs is 1. The molecular formula is C12H15N5O2. The average Bonchev–Trinajstić information content (AvgIpc) is 3.21. The summed E-state index contributed by atoms with van der Waals surface area (Å²) in [5, 5.41) is 0. The first kappa shape index (κ1) is 10.8. The van der Waals surface area contributed by atoms with Crippen LogP contribution in [0.4, 0.5) is 5.95 Å². The number of hydrogen-bond donors (Lipinski definition) is 3. The highest BCUT2D eigenvalue weighted by atomic mass is 16.2. The molecule has 0 spiro atoms. The van der Waals surface area contributed by atoms with E-state index in [1.165, 1.54) is 25.7 Å². The fraction of sp³-hybridized carbons (Fsp3) is 0.583. The van der Waals surface area contributed by atoms with Gasteiger partial charge in [-0.05, 0) is 37.5 Å². The first-order valence-electron chi connectivity index (χ1n) is 6.65. The Bertz CT molecular complexity index is 750. The number of aromatic amines is 2. The van der Waals surface area contributed by atoms with Gasteiger partial charge in [-0.25, -0.2) is 4.79 Å². The molecule has 0 atom stereocenters. The third-order valence-electron chi connectivity index (χ3n) is 4.12. The van der Waals surface area contributed by atoms with E-state index in [2.05, 4.69) is 15.0 Å². The lowest BCUT2D eigenvalue weighted by Crippen LogP contribution is -2.25. The molecule has 7 nitrogen and oxygen atoms in total. The van der Waals surface area contributed by atoms with Crippen LogP contribution in [0.2, 0.25) is 0 Å². The van der Waals surface area contributed by atoms with Crippen LogP contribution in [0.15, 0.2) is 9.59 Å². The molecule has 0 amide bonds. The van der Waals surface area contributed by atoms with Gasteiger partial charge in [0.15, 0.2) is 11.2 Å². The van der Waals surface area contributed by atoms with Gasteiger partial charge in [-0.3, -0.25) is 14.8 Å². The molecule has 19 heavy (non-hydrogen) atoms. The molecular weight excluding hydrogens is 246 g/mol. The van der Waals surface area contributed by atoms with Gasteiger partial charge in [0.05, 0.1) is 0 Å². The predicted octanol–water partition coefficient (Wildman–Crippen LogP) is 0.356. The third-order valence-corrected chi connectivity index (χ3v) is 4.12. The maximum atomic E-state index is 12.0. The van der Waals surface area contributed by atoms with Gasteiger partial charge in [0.2, 0.25) is 5.95 Å². The van der Waals surface area contributed by atoms with Gasteiger partial charge in [0, 0.05) is 6.04 Å². The van der Waals surface area contributed by atoms with Crippen molar-refractivity contribution in [1.29, 1.82) is 0 Å². The number of nitrogens with zero attached hydrogens (tertiary/aromatic N) is 2. The summed E-state index contributed by atoms with van der Waals surface area (Å²) in [4.78, 5) is 32.3. The Labute approximate surface area is 107 Å². The van der Waals surface area contributed by atoms with Crippen molar-refractivity contribution in [3.63, 3.8) is 0 Å². The molecule has 0 saturated heterocycles. The summed E-state index contributed by atoms with van der Waals surface area (Å²) in [6.07, 6.45) is 4.73. The standard InChI is InChI=1S/C12H15N5O2/c13-11-14-9-8(10(18)16-12(19)15-9)17(11)7(5-1-2-5)6-3-4-6/h5-7H,1-4H2,(H4,13,14,15,16,18,19). The lowest BCUT2D eigenvalue weighted by atomic mass is 10.1. The highest BCUT2D eigenvalue weighted by Crippen LogP contribution is 2.53. The normalized spacial score (nSPS) is 19.4. The van der Waals surface area contributed by atoms with E-state index in [9.17, 15) is 9.59 Å². The van der Waals surface area contributed by atoms with E-state index in [0.29, 0.717) is 23.3 Å². The molecule has 2 aromatic heterocycles. The summed E-state index contributed by atoms with van der Waals surface area (Å²) in [5.41, 5.74) is 5.72. The first-order chi connectivity index (χ1) is 9.15. The van der Waals surface area contributed by atoms with Gasteiger partial charge in [-0.1, -0.05) is 0 Å². The Morgan fingerprint density at radius 2 is 1.79 bits per heavy atom. The minimum absolute atomic E-state index is 0.261. The van der Waals surface area contributed by atoms with E-state index in [1.54, 1.807) is 0 Å². The molecule has 4 rings (SSSR count). The van der Waals surface area contributed by atoms with Crippen molar-refractivity contribution >= 4 is 17.1 Å². The number of rotatable bonds is 3. The van der Waals surface area contributed by atoms with Crippen molar-refractivity contribution in [1.82, 2.24) is 19.5 Å². The van der Waals surface area contributed by atoms with Gasteiger partial charge in [0.25, 0.3) is 5.56 Å². The number of imidazole rings is 1. The fourth-order valence-electron chi connectivity index (χ4n) is 3.04. The van der Waals surface area contributed by atoms with Gasteiger partial charge in [0.1, 0.15) is 0 Å². The molecule has 100 valence electrons. The van der Waals surface area contributed by atoms with Crippen LogP contribution < -0.4 is 17.0 Å². The number of H-pyrrole nitrogens is 2. The van der Waals surface area contributed by atoms with E-state index < -0.39 is 11.2 Å². The molecule has 0 aromatic carbocycles. The smallest absolute Gasteiger partial charge is 0.327 e. The summed E-state index contributed by atoms with van der Waals surface area (Å²) in [6, 6.07) is 0.261. The van der Waals surface area contributed by atoms with Gasteiger partial charge in [-0.2, -0.15) is 4.98 Å². The molecule has 4 N–H and O–H groups in total. The van der Waals surface area contributed by atoms with Crippen molar-refractivity contribution in [2.24, 2.45) is 11.8 Å². The lowest BCUT2D eigenvalue weighted by molar-refractivity contribution is 0.408. The Balaban J connectivity index is 2.00. The molecule has 0 aliphatic heterocycles. The molecule has 0 unspecified atom stereocenters. The summed E-state index contributed by atoms with van der Waals surface area (Å²) < 4.78 is 1.85. The number of nitrogens with one attached hydrogen (secondary N) is 2. The Morgan fingerprint density at radius 3 is 2.37 bits per heavy atom. The predicted molar refractivity (Wildman–Crippen MR) is 69.9 cm³/mol. The van der Waals surface area contributed by atoms with Gasteiger partial charge < -0.3 is 10.3 Å². The van der Waals surface area contributed by atoms with Crippen LogP contribution in [0.5, 0.6) is 0 Å². The first-order valence-corrected chi connectivity index (χ1v) is 6.65. The zero-order valence-corrected chi connectivity index (χ0v) is 10.3. The van der Waals surface area contributed by atoms with Crippen molar-refractivity contribution in [3.05, 3.63) is 20.8 Å². The number of nitrogens with two attached hydrogens (primary N) is 1. The summed E-state index contributed by atoms with van der Waals surface area (Å²) in [5.74, 6) is 1.52. The van der Waals surface area contributed by atoms with E-state index >= 15 is 0 Å². The molecule has 2 fully saturated rings. The fourth-order valence-corrected chi connectivity index (χ4v) is 3.04. The second-order valence-electron chi connectivity index (χ2n) is 5.61. The highest BCUT2D eigenvalue weighted by molar-refractivity contribution is 5.73. The van der Waals surface area contributed by atoms with Gasteiger partial charge in [-0.15, -0.1) is 0 Å². The van der Waals surface area contributed by atoms with E-state index in [0.717, 1.165) is 0 Å². The van der Waals surface area contributed by atoms with E-state index in [4.69, 9.17) is 5.73 Å². The van der Waals surface area contributed by atoms with Crippen LogP contribution in [0.1, 0.15) is 31.7 Å². The van der Waals surface area contributed by atoms with Crippen LogP contribution in [-0.2, 0) is 0 Å². The largest absolute Gasteiger partial charge is 0.369 e. The van der Waals surface area contributed by atoms with Crippen LogP contribution in [0.3, 0.4) is 0 Å². The minimum atomic E-state index is -0.545. The third kappa shape index (κ3) is 1.61. The molecule has 0 bridgehead atoms. The van der Waals surface area contributed by atoms with Crippen molar-refractivity contribution in [2.75, 3.05) is 5.73 Å². The van der Waals surface area contributed by atoms with E-state index in [-0.39, 0.29) is 11.7 Å². The lowest BCUT2D eigenvalue weighted by Gasteiger charge is -2.19. The van der Waals surface area contributed by atoms with Crippen LogP contribution in [0, 0.1) is 11.8 Å². The Kier molecular flexibility index (Phi) is 1.99. The Morgan fingerprint density at radius 1 is 1.16 bits per heavy atom. The molecule has 2 heterocycles. The zero-order chi connectivity index (χ0) is 13.1. The van der Waals surface area contributed by atoms with Gasteiger partial charge >= 0.3 is 5.69 Å².